The number of aromatic nitrogens is 2. The van der Waals surface area contributed by atoms with Gasteiger partial charge >= 0.3 is 5.97 Å². The average Bonchev–Trinajstić information content (AvgIpc) is 3.63. The fourth-order valence-corrected chi connectivity index (χ4v) is 5.89. The van der Waals surface area contributed by atoms with Crippen molar-refractivity contribution in [3.63, 3.8) is 0 Å². The van der Waals surface area contributed by atoms with E-state index in [1.807, 2.05) is 67.6 Å². The van der Waals surface area contributed by atoms with Crippen LogP contribution in [0.1, 0.15) is 29.8 Å². The van der Waals surface area contributed by atoms with Crippen molar-refractivity contribution in [1.82, 2.24) is 9.55 Å². The van der Waals surface area contributed by atoms with Crippen LogP contribution in [0.15, 0.2) is 109 Å². The predicted molar refractivity (Wildman–Crippen MR) is 156 cm³/mol. The molecular formula is C32H34N2O8S. The number of carbonyl (C=O) groups excluding carboxylic acids is 1. The molecule has 0 unspecified atom stereocenters. The molecule has 43 heavy (non-hydrogen) atoms. The fraction of sp³-hybridized carbons (Fsp3) is 0.312. The van der Waals surface area contributed by atoms with Gasteiger partial charge in [-0.05, 0) is 30.2 Å². The predicted octanol–water partition coefficient (Wildman–Crippen LogP) is 4.60. The lowest BCUT2D eigenvalue weighted by Gasteiger charge is -2.34. The van der Waals surface area contributed by atoms with Crippen LogP contribution in [-0.2, 0) is 51.3 Å². The summed E-state index contributed by atoms with van der Waals surface area (Å²) in [5.74, 6) is -0.554. The number of hydrogen-bond acceptors (Lipinski definition) is 9. The van der Waals surface area contributed by atoms with Crippen molar-refractivity contribution >= 4 is 16.1 Å². The van der Waals surface area contributed by atoms with E-state index in [1.165, 1.54) is 25.4 Å². The Morgan fingerprint density at radius 1 is 0.930 bits per heavy atom. The number of benzene rings is 3. The maximum absolute atomic E-state index is 13.3. The number of carbonyl (C=O) groups is 1. The van der Waals surface area contributed by atoms with Crippen LogP contribution in [0, 0.1) is 6.92 Å². The first kappa shape index (κ1) is 30.6. The Balaban J connectivity index is 1.51. The smallest absolute Gasteiger partial charge is 0.303 e. The number of hydrogen-bond donors (Lipinski definition) is 0. The normalized spacial score (nSPS) is 22.0. The molecule has 10 nitrogen and oxygen atoms in total. The molecule has 1 aliphatic heterocycles. The Bertz CT molecular complexity index is 1560. The summed E-state index contributed by atoms with van der Waals surface area (Å²) in [5, 5.41) is 0. The van der Waals surface area contributed by atoms with Crippen LogP contribution in [-0.4, -0.2) is 55.0 Å². The highest BCUT2D eigenvalue weighted by Crippen LogP contribution is 2.42. The van der Waals surface area contributed by atoms with Gasteiger partial charge in [-0.25, -0.2) is 4.98 Å². The number of rotatable bonds is 13. The summed E-state index contributed by atoms with van der Waals surface area (Å²) >= 11 is 0. The van der Waals surface area contributed by atoms with Crippen LogP contribution in [0.5, 0.6) is 0 Å². The highest BCUT2D eigenvalue weighted by Gasteiger charge is 2.59. The van der Waals surface area contributed by atoms with Gasteiger partial charge < -0.3 is 23.5 Å². The Morgan fingerprint density at radius 2 is 1.58 bits per heavy atom. The van der Waals surface area contributed by atoms with Crippen molar-refractivity contribution in [2.75, 3.05) is 13.2 Å². The van der Waals surface area contributed by atoms with E-state index in [0.29, 0.717) is 0 Å². The molecule has 1 fully saturated rings. The molecule has 4 atom stereocenters. The number of imidazole rings is 1. The van der Waals surface area contributed by atoms with Crippen molar-refractivity contribution in [3.05, 3.63) is 120 Å². The second kappa shape index (κ2) is 13.6. The van der Waals surface area contributed by atoms with Crippen LogP contribution in [0.4, 0.5) is 0 Å². The van der Waals surface area contributed by atoms with Gasteiger partial charge in [-0.3, -0.25) is 8.98 Å². The van der Waals surface area contributed by atoms with Gasteiger partial charge in [-0.15, -0.1) is 0 Å². The molecule has 0 bridgehead atoms. The van der Waals surface area contributed by atoms with Crippen LogP contribution >= 0.6 is 0 Å². The molecule has 0 amide bonds. The first-order chi connectivity index (χ1) is 20.8. The van der Waals surface area contributed by atoms with E-state index in [0.717, 1.165) is 16.7 Å². The highest BCUT2D eigenvalue weighted by molar-refractivity contribution is 7.86. The third-order valence-corrected chi connectivity index (χ3v) is 8.35. The largest absolute Gasteiger partial charge is 0.455 e. The minimum absolute atomic E-state index is 0.000834. The second-order valence-corrected chi connectivity index (χ2v) is 12.0. The number of ether oxygens (including phenoxy) is 4. The van der Waals surface area contributed by atoms with Crippen LogP contribution in [0.2, 0.25) is 0 Å². The third kappa shape index (κ3) is 7.56. The topological polar surface area (TPSA) is 115 Å². The zero-order valence-corrected chi connectivity index (χ0v) is 24.8. The van der Waals surface area contributed by atoms with Crippen LogP contribution in [0.3, 0.4) is 0 Å². The van der Waals surface area contributed by atoms with Gasteiger partial charge in [0.2, 0.25) is 0 Å². The van der Waals surface area contributed by atoms with Crippen molar-refractivity contribution in [2.24, 2.45) is 0 Å². The third-order valence-electron chi connectivity index (χ3n) is 7.07. The van der Waals surface area contributed by atoms with Crippen molar-refractivity contribution in [3.8, 4) is 0 Å². The van der Waals surface area contributed by atoms with Gasteiger partial charge in [-0.2, -0.15) is 8.42 Å². The van der Waals surface area contributed by atoms with E-state index in [4.69, 9.17) is 23.1 Å². The SMILES string of the molecule is CC(=O)O[C@H]1[C@H](n2ccnc2)O[C@@](COCc2ccccc2)(COS(=O)(=O)c2ccc(C)cc2)[C@H]1OCc1ccccc1. The number of aryl methyl sites for hydroxylation is 1. The molecule has 1 saturated heterocycles. The Morgan fingerprint density at radius 3 is 2.19 bits per heavy atom. The maximum Gasteiger partial charge on any atom is 0.303 e. The second-order valence-electron chi connectivity index (χ2n) is 10.4. The molecule has 0 saturated carbocycles. The fourth-order valence-electron chi connectivity index (χ4n) is 4.93. The molecule has 0 spiro atoms. The van der Waals surface area contributed by atoms with Crippen LogP contribution < -0.4 is 0 Å². The van der Waals surface area contributed by atoms with Crippen molar-refractivity contribution < 1.29 is 36.3 Å². The summed E-state index contributed by atoms with van der Waals surface area (Å²) < 4.78 is 59.0. The molecule has 0 radical (unpaired) electrons. The van der Waals surface area contributed by atoms with E-state index < -0.39 is 46.7 Å². The van der Waals surface area contributed by atoms with E-state index in [-0.39, 0.29) is 24.7 Å². The quantitative estimate of drug-likeness (QED) is 0.159. The van der Waals surface area contributed by atoms with E-state index in [1.54, 1.807) is 29.1 Å². The molecule has 0 aliphatic carbocycles. The lowest BCUT2D eigenvalue weighted by molar-refractivity contribution is -0.171. The maximum atomic E-state index is 13.3. The van der Waals surface area contributed by atoms with Crippen LogP contribution in [0.25, 0.3) is 0 Å². The van der Waals surface area contributed by atoms with Gasteiger partial charge in [0.05, 0.1) is 31.0 Å². The van der Waals surface area contributed by atoms with Gasteiger partial charge in [0.15, 0.2) is 12.3 Å². The summed E-state index contributed by atoms with van der Waals surface area (Å²) in [5.41, 5.74) is 1.16. The first-order valence-electron chi connectivity index (χ1n) is 13.8. The minimum Gasteiger partial charge on any atom is -0.455 e. The van der Waals surface area contributed by atoms with E-state index in [2.05, 4.69) is 4.98 Å². The zero-order chi connectivity index (χ0) is 30.3. The van der Waals surface area contributed by atoms with E-state index in [9.17, 15) is 13.2 Å². The Hall–Kier alpha value is -3.87. The van der Waals surface area contributed by atoms with Gasteiger partial charge in [0.1, 0.15) is 18.3 Å². The van der Waals surface area contributed by atoms with Gasteiger partial charge in [0.25, 0.3) is 10.1 Å². The Labute approximate surface area is 251 Å². The molecule has 1 aliphatic rings. The molecule has 5 rings (SSSR count). The van der Waals surface area contributed by atoms with Gasteiger partial charge in [0, 0.05) is 19.3 Å². The molecule has 0 N–H and O–H groups in total. The summed E-state index contributed by atoms with van der Waals surface area (Å²) in [7, 11) is -4.20. The van der Waals surface area contributed by atoms with Crippen molar-refractivity contribution in [1.29, 1.82) is 0 Å². The molecule has 226 valence electrons. The summed E-state index contributed by atoms with van der Waals surface area (Å²) in [6, 6.07) is 25.3. The minimum atomic E-state index is -4.20. The van der Waals surface area contributed by atoms with Crippen molar-refractivity contribution in [2.45, 2.75) is 56.0 Å². The monoisotopic (exact) mass is 606 g/mol. The first-order valence-corrected chi connectivity index (χ1v) is 15.2. The molecular weight excluding hydrogens is 572 g/mol. The lowest BCUT2D eigenvalue weighted by atomic mass is 9.96. The molecule has 2 heterocycles. The molecule has 4 aromatic rings. The van der Waals surface area contributed by atoms with E-state index >= 15 is 0 Å². The molecule has 1 aromatic heterocycles. The average molecular weight is 607 g/mol. The Kier molecular flexibility index (Phi) is 9.69. The zero-order valence-electron chi connectivity index (χ0n) is 23.9. The summed E-state index contributed by atoms with van der Waals surface area (Å²) in [6.45, 7) is 2.91. The molecule has 11 heteroatoms. The molecule has 3 aromatic carbocycles. The highest BCUT2D eigenvalue weighted by atomic mass is 32.2. The van der Waals surface area contributed by atoms with Gasteiger partial charge in [-0.1, -0.05) is 78.4 Å². The summed E-state index contributed by atoms with van der Waals surface area (Å²) in [4.78, 5) is 16.5. The number of nitrogens with zero attached hydrogens (tertiary/aromatic N) is 2. The summed E-state index contributed by atoms with van der Waals surface area (Å²) in [6.07, 6.45) is 1.88. The lowest BCUT2D eigenvalue weighted by Crippen LogP contribution is -2.53. The standard InChI is InChI=1S/C32H34N2O8S/c1-24-13-15-28(16-14-24)43(36,37)40-22-32(21-38-19-26-9-5-3-6-10-26)30(39-20-27-11-7-4-8-12-27)29(41-25(2)35)31(42-32)34-18-17-33-23-34/h3-18,23,29-31H,19-22H2,1-2H3/t29-,30+,31-,32+/m1/s1. The number of esters is 1.